The Morgan fingerprint density at radius 1 is 1.50 bits per heavy atom. The zero-order valence-electron chi connectivity index (χ0n) is 8.93. The molecule has 1 atom stereocenters. The van der Waals surface area contributed by atoms with Gasteiger partial charge in [-0.25, -0.2) is 4.79 Å². The lowest BCUT2D eigenvalue weighted by Gasteiger charge is -2.14. The van der Waals surface area contributed by atoms with Crippen LogP contribution >= 0.6 is 12.4 Å². The molecule has 0 radical (unpaired) electrons. The second-order valence-electron chi connectivity index (χ2n) is 3.30. The number of halogens is 1. The van der Waals surface area contributed by atoms with Gasteiger partial charge in [0.25, 0.3) is 0 Å². The highest BCUT2D eigenvalue weighted by Gasteiger charge is 2.25. The summed E-state index contributed by atoms with van der Waals surface area (Å²) in [5, 5.41) is 3.09. The lowest BCUT2D eigenvalue weighted by atomic mass is 10.1. The van der Waals surface area contributed by atoms with Crippen molar-refractivity contribution in [2.45, 2.75) is 6.04 Å². The van der Waals surface area contributed by atoms with Crippen LogP contribution in [0.4, 0.5) is 0 Å². The van der Waals surface area contributed by atoms with Gasteiger partial charge in [-0.3, -0.25) is 5.32 Å². The van der Waals surface area contributed by atoms with E-state index < -0.39 is 6.04 Å². The molecular formula is C11H14ClNO3. The summed E-state index contributed by atoms with van der Waals surface area (Å²) in [6.07, 6.45) is 0. The summed E-state index contributed by atoms with van der Waals surface area (Å²) in [5.41, 5.74) is 0.835. The van der Waals surface area contributed by atoms with Gasteiger partial charge < -0.3 is 9.47 Å². The number of fused-ring (bicyclic) bond motifs is 1. The van der Waals surface area contributed by atoms with Gasteiger partial charge >= 0.3 is 5.97 Å². The first-order valence-electron chi connectivity index (χ1n) is 4.86. The molecule has 0 spiro atoms. The van der Waals surface area contributed by atoms with Crippen LogP contribution in [0.15, 0.2) is 24.3 Å². The molecule has 0 saturated heterocycles. The number of methoxy groups -OCH3 is 1. The zero-order valence-corrected chi connectivity index (χ0v) is 9.75. The predicted octanol–water partition coefficient (Wildman–Crippen LogP) is 1.30. The topological polar surface area (TPSA) is 47.6 Å². The van der Waals surface area contributed by atoms with E-state index in [0.29, 0.717) is 13.2 Å². The maximum absolute atomic E-state index is 11.5. The normalized spacial score (nSPS) is 18.4. The average molecular weight is 244 g/mol. The third-order valence-corrected chi connectivity index (χ3v) is 2.37. The zero-order chi connectivity index (χ0) is 10.7. The molecule has 1 N–H and O–H groups in total. The molecule has 4 nitrogen and oxygen atoms in total. The van der Waals surface area contributed by atoms with Crippen molar-refractivity contribution in [3.63, 3.8) is 0 Å². The monoisotopic (exact) mass is 243 g/mol. The molecule has 2 rings (SSSR count). The Morgan fingerprint density at radius 2 is 2.25 bits per heavy atom. The van der Waals surface area contributed by atoms with E-state index in [9.17, 15) is 4.79 Å². The van der Waals surface area contributed by atoms with E-state index in [0.717, 1.165) is 11.3 Å². The van der Waals surface area contributed by atoms with Crippen molar-refractivity contribution in [1.29, 1.82) is 0 Å². The first-order valence-corrected chi connectivity index (χ1v) is 4.86. The molecule has 1 heterocycles. The maximum Gasteiger partial charge on any atom is 0.327 e. The van der Waals surface area contributed by atoms with Gasteiger partial charge in [-0.15, -0.1) is 12.4 Å². The third-order valence-electron chi connectivity index (χ3n) is 2.37. The lowest BCUT2D eigenvalue weighted by molar-refractivity contribution is -0.143. The van der Waals surface area contributed by atoms with Crippen molar-refractivity contribution in [3.05, 3.63) is 29.8 Å². The highest BCUT2D eigenvalue weighted by molar-refractivity contribution is 5.85. The van der Waals surface area contributed by atoms with E-state index in [2.05, 4.69) is 5.32 Å². The summed E-state index contributed by atoms with van der Waals surface area (Å²) in [7, 11) is 1.39. The van der Waals surface area contributed by atoms with Crippen LogP contribution in [0.1, 0.15) is 11.6 Å². The SMILES string of the molecule is COC(=O)C1NCCOc2ccccc21.Cl. The number of ether oxygens (including phenoxy) is 2. The minimum atomic E-state index is -0.423. The Bertz CT molecular complexity index is 370. The van der Waals surface area contributed by atoms with Crippen LogP contribution in [0.3, 0.4) is 0 Å². The predicted molar refractivity (Wildman–Crippen MR) is 61.9 cm³/mol. The Labute approximate surface area is 100 Å². The Morgan fingerprint density at radius 3 is 3.00 bits per heavy atom. The van der Waals surface area contributed by atoms with Gasteiger partial charge in [0.15, 0.2) is 0 Å². The molecule has 0 fully saturated rings. The van der Waals surface area contributed by atoms with E-state index in [1.54, 1.807) is 0 Å². The fraction of sp³-hybridized carbons (Fsp3) is 0.364. The van der Waals surface area contributed by atoms with Gasteiger partial charge in [-0.1, -0.05) is 18.2 Å². The van der Waals surface area contributed by atoms with Crippen LogP contribution in [0.2, 0.25) is 0 Å². The first-order chi connectivity index (χ1) is 7.33. The number of carbonyl (C=O) groups excluding carboxylic acids is 1. The molecular weight excluding hydrogens is 230 g/mol. The number of hydrogen-bond donors (Lipinski definition) is 1. The van der Waals surface area contributed by atoms with Crippen molar-refractivity contribution in [1.82, 2.24) is 5.32 Å². The summed E-state index contributed by atoms with van der Waals surface area (Å²) in [6, 6.07) is 7.07. The molecule has 16 heavy (non-hydrogen) atoms. The minimum Gasteiger partial charge on any atom is -0.492 e. The fourth-order valence-electron chi connectivity index (χ4n) is 1.65. The van der Waals surface area contributed by atoms with Crippen molar-refractivity contribution >= 4 is 18.4 Å². The standard InChI is InChI=1S/C11H13NO3.ClH/c1-14-11(13)10-8-4-2-3-5-9(8)15-7-6-12-10;/h2-5,10,12H,6-7H2,1H3;1H. The molecule has 0 aliphatic carbocycles. The second kappa shape index (κ2) is 5.72. The molecule has 5 heteroatoms. The molecule has 0 aromatic heterocycles. The van der Waals surface area contributed by atoms with Crippen molar-refractivity contribution in [2.24, 2.45) is 0 Å². The molecule has 1 aromatic carbocycles. The highest BCUT2D eigenvalue weighted by Crippen LogP contribution is 2.27. The maximum atomic E-state index is 11.5. The Hall–Kier alpha value is -1.26. The van der Waals surface area contributed by atoms with Crippen molar-refractivity contribution < 1.29 is 14.3 Å². The smallest absolute Gasteiger partial charge is 0.327 e. The van der Waals surface area contributed by atoms with Gasteiger partial charge in [0.1, 0.15) is 18.4 Å². The fourth-order valence-corrected chi connectivity index (χ4v) is 1.65. The number of para-hydroxylation sites is 1. The number of hydrogen-bond acceptors (Lipinski definition) is 4. The number of nitrogens with one attached hydrogen (secondary N) is 1. The molecule has 1 aliphatic rings. The highest BCUT2D eigenvalue weighted by atomic mass is 35.5. The molecule has 1 unspecified atom stereocenters. The molecule has 1 aromatic rings. The van der Waals surface area contributed by atoms with Gasteiger partial charge in [-0.05, 0) is 6.07 Å². The summed E-state index contributed by atoms with van der Waals surface area (Å²) in [6.45, 7) is 1.19. The molecule has 0 amide bonds. The van der Waals surface area contributed by atoms with Crippen molar-refractivity contribution in [2.75, 3.05) is 20.3 Å². The van der Waals surface area contributed by atoms with Crippen LogP contribution < -0.4 is 10.1 Å². The summed E-state index contributed by atoms with van der Waals surface area (Å²) in [4.78, 5) is 11.5. The van der Waals surface area contributed by atoms with E-state index >= 15 is 0 Å². The Balaban J connectivity index is 0.00000128. The van der Waals surface area contributed by atoms with Gasteiger partial charge in [0, 0.05) is 12.1 Å². The van der Waals surface area contributed by atoms with E-state index in [1.807, 2.05) is 24.3 Å². The average Bonchev–Trinajstić information content (AvgIpc) is 2.50. The number of esters is 1. The van der Waals surface area contributed by atoms with E-state index in [4.69, 9.17) is 9.47 Å². The first kappa shape index (κ1) is 12.8. The van der Waals surface area contributed by atoms with Gasteiger partial charge in [-0.2, -0.15) is 0 Å². The number of rotatable bonds is 1. The summed E-state index contributed by atoms with van der Waals surface area (Å²) >= 11 is 0. The van der Waals surface area contributed by atoms with Crippen LogP contribution in [-0.2, 0) is 9.53 Å². The Kier molecular flexibility index (Phi) is 4.58. The quantitative estimate of drug-likeness (QED) is 0.756. The van der Waals surface area contributed by atoms with Crippen LogP contribution in [0.25, 0.3) is 0 Å². The molecule has 0 bridgehead atoms. The van der Waals surface area contributed by atoms with Crippen LogP contribution in [0.5, 0.6) is 5.75 Å². The third kappa shape index (κ3) is 2.46. The van der Waals surface area contributed by atoms with E-state index in [1.165, 1.54) is 7.11 Å². The van der Waals surface area contributed by atoms with Gasteiger partial charge in [0.05, 0.1) is 7.11 Å². The molecule has 1 aliphatic heterocycles. The van der Waals surface area contributed by atoms with Crippen molar-refractivity contribution in [3.8, 4) is 5.75 Å². The molecule has 0 saturated carbocycles. The van der Waals surface area contributed by atoms with Crippen LogP contribution in [0, 0.1) is 0 Å². The van der Waals surface area contributed by atoms with Crippen LogP contribution in [-0.4, -0.2) is 26.2 Å². The number of carbonyl (C=O) groups is 1. The minimum absolute atomic E-state index is 0. The second-order valence-corrected chi connectivity index (χ2v) is 3.30. The number of benzene rings is 1. The van der Waals surface area contributed by atoms with Gasteiger partial charge in [0.2, 0.25) is 0 Å². The summed E-state index contributed by atoms with van der Waals surface area (Å²) in [5.74, 6) is 0.464. The van der Waals surface area contributed by atoms with E-state index in [-0.39, 0.29) is 18.4 Å². The molecule has 88 valence electrons. The largest absolute Gasteiger partial charge is 0.492 e. The lowest BCUT2D eigenvalue weighted by Crippen LogP contribution is -2.30. The summed E-state index contributed by atoms with van der Waals surface area (Å²) < 4.78 is 10.2.